The minimum Gasteiger partial charge on any atom is -0.387 e. The number of aryl methyl sites for hydroxylation is 2. The van der Waals surface area contributed by atoms with E-state index in [2.05, 4.69) is 6.07 Å². The summed E-state index contributed by atoms with van der Waals surface area (Å²) in [6.07, 6.45) is 12.8. The summed E-state index contributed by atoms with van der Waals surface area (Å²) in [6.45, 7) is 0. The van der Waals surface area contributed by atoms with Gasteiger partial charge in [0.25, 0.3) is 0 Å². The quantitative estimate of drug-likeness (QED) is 0.772. The molecule has 0 aromatic carbocycles. The van der Waals surface area contributed by atoms with E-state index in [0.29, 0.717) is 5.92 Å². The molecule has 0 saturated heterocycles. The Kier molecular flexibility index (Phi) is 4.05. The van der Waals surface area contributed by atoms with Crippen molar-refractivity contribution in [2.24, 2.45) is 5.92 Å². The summed E-state index contributed by atoms with van der Waals surface area (Å²) in [5.41, 5.74) is 1.54. The van der Waals surface area contributed by atoms with E-state index in [-0.39, 0.29) is 6.10 Å². The van der Waals surface area contributed by atoms with E-state index in [1.54, 1.807) is 4.88 Å². The Hall–Kier alpha value is -0.340. The highest BCUT2D eigenvalue weighted by molar-refractivity contribution is 7.12. The summed E-state index contributed by atoms with van der Waals surface area (Å²) in [5, 5.41) is 10.6. The Morgan fingerprint density at radius 3 is 2.44 bits per heavy atom. The van der Waals surface area contributed by atoms with Crippen LogP contribution in [0.5, 0.6) is 0 Å². The molecule has 0 amide bonds. The third kappa shape index (κ3) is 2.65. The molecule has 2 heteroatoms. The fourth-order valence-electron chi connectivity index (χ4n) is 3.52. The first-order valence-electron chi connectivity index (χ1n) is 7.64. The summed E-state index contributed by atoms with van der Waals surface area (Å²) in [4.78, 5) is 2.82. The highest BCUT2D eigenvalue weighted by Crippen LogP contribution is 2.39. The predicted molar refractivity (Wildman–Crippen MR) is 77.1 cm³/mol. The highest BCUT2D eigenvalue weighted by atomic mass is 32.1. The molecule has 1 aromatic rings. The number of fused-ring (bicyclic) bond motifs is 1. The molecule has 0 radical (unpaired) electrons. The van der Waals surface area contributed by atoms with Crippen molar-refractivity contribution in [2.75, 3.05) is 0 Å². The molecule has 1 nitrogen and oxygen atoms in total. The van der Waals surface area contributed by atoms with E-state index in [9.17, 15) is 5.11 Å². The lowest BCUT2D eigenvalue weighted by atomic mass is 9.92. The molecule has 1 unspecified atom stereocenters. The standard InChI is InChI=1S/C16H24OS/c17-16(12-7-3-1-2-4-8-12)15-11-13-9-5-6-10-14(13)18-15/h11-12,16-17H,1-10H2. The number of aliphatic hydroxyl groups is 1. The number of rotatable bonds is 2. The van der Waals surface area contributed by atoms with Crippen LogP contribution in [-0.2, 0) is 12.8 Å². The van der Waals surface area contributed by atoms with Gasteiger partial charge in [-0.15, -0.1) is 11.3 Å². The topological polar surface area (TPSA) is 20.2 Å². The van der Waals surface area contributed by atoms with Crippen LogP contribution >= 0.6 is 11.3 Å². The molecule has 1 heterocycles. The molecular formula is C16H24OS. The van der Waals surface area contributed by atoms with Gasteiger partial charge in [-0.1, -0.05) is 25.7 Å². The molecule has 2 aliphatic carbocycles. The zero-order valence-corrected chi connectivity index (χ0v) is 12.0. The van der Waals surface area contributed by atoms with Crippen molar-refractivity contribution in [2.45, 2.75) is 70.3 Å². The van der Waals surface area contributed by atoms with Crippen molar-refractivity contribution < 1.29 is 5.11 Å². The molecule has 1 fully saturated rings. The van der Waals surface area contributed by atoms with Crippen molar-refractivity contribution in [1.82, 2.24) is 0 Å². The van der Waals surface area contributed by atoms with Gasteiger partial charge in [-0.25, -0.2) is 0 Å². The normalized spacial score (nSPS) is 23.4. The fraction of sp³-hybridized carbons (Fsp3) is 0.750. The Morgan fingerprint density at radius 1 is 1.00 bits per heavy atom. The van der Waals surface area contributed by atoms with Gasteiger partial charge in [0.05, 0.1) is 6.10 Å². The monoisotopic (exact) mass is 264 g/mol. The van der Waals surface area contributed by atoms with Crippen LogP contribution in [-0.4, -0.2) is 5.11 Å². The molecule has 1 saturated carbocycles. The van der Waals surface area contributed by atoms with E-state index in [1.807, 2.05) is 11.3 Å². The van der Waals surface area contributed by atoms with E-state index in [1.165, 1.54) is 74.6 Å². The maximum absolute atomic E-state index is 10.6. The largest absolute Gasteiger partial charge is 0.387 e. The first-order chi connectivity index (χ1) is 8.84. The van der Waals surface area contributed by atoms with E-state index in [0.717, 1.165) is 0 Å². The summed E-state index contributed by atoms with van der Waals surface area (Å²) in [5.74, 6) is 0.521. The summed E-state index contributed by atoms with van der Waals surface area (Å²) in [7, 11) is 0. The maximum Gasteiger partial charge on any atom is 0.0910 e. The summed E-state index contributed by atoms with van der Waals surface area (Å²) < 4.78 is 0. The minimum atomic E-state index is -0.182. The van der Waals surface area contributed by atoms with Gasteiger partial charge in [0.2, 0.25) is 0 Å². The average Bonchev–Trinajstić information content (AvgIpc) is 2.64. The molecule has 0 spiro atoms. The highest BCUT2D eigenvalue weighted by Gasteiger charge is 2.25. The van der Waals surface area contributed by atoms with Crippen LogP contribution in [0.3, 0.4) is 0 Å². The van der Waals surface area contributed by atoms with Crippen LogP contribution in [0.4, 0.5) is 0 Å². The van der Waals surface area contributed by atoms with Crippen molar-refractivity contribution in [3.8, 4) is 0 Å². The molecule has 2 aliphatic rings. The second-order valence-corrected chi connectivity index (χ2v) is 7.17. The van der Waals surface area contributed by atoms with E-state index in [4.69, 9.17) is 0 Å². The van der Waals surface area contributed by atoms with Crippen molar-refractivity contribution in [3.63, 3.8) is 0 Å². The van der Waals surface area contributed by atoms with Crippen LogP contribution in [0.25, 0.3) is 0 Å². The molecule has 1 N–H and O–H groups in total. The Balaban J connectivity index is 1.74. The Labute approximate surface area is 114 Å². The van der Waals surface area contributed by atoms with Gasteiger partial charge in [-0.3, -0.25) is 0 Å². The number of hydrogen-bond acceptors (Lipinski definition) is 2. The van der Waals surface area contributed by atoms with Gasteiger partial charge in [0, 0.05) is 9.75 Å². The fourth-order valence-corrected chi connectivity index (χ4v) is 4.86. The molecule has 3 rings (SSSR count). The molecule has 18 heavy (non-hydrogen) atoms. The minimum absolute atomic E-state index is 0.182. The zero-order valence-electron chi connectivity index (χ0n) is 11.2. The third-order valence-corrected chi connectivity index (χ3v) is 5.96. The molecule has 0 aliphatic heterocycles. The smallest absolute Gasteiger partial charge is 0.0910 e. The van der Waals surface area contributed by atoms with Gasteiger partial charge >= 0.3 is 0 Å². The van der Waals surface area contributed by atoms with E-state index >= 15 is 0 Å². The molecule has 1 aromatic heterocycles. The number of aliphatic hydroxyl groups excluding tert-OH is 1. The molecular weight excluding hydrogens is 240 g/mol. The second kappa shape index (κ2) is 5.75. The predicted octanol–water partition coefficient (Wildman–Crippen LogP) is 4.63. The van der Waals surface area contributed by atoms with Crippen LogP contribution < -0.4 is 0 Å². The Bertz CT molecular complexity index is 364. The molecule has 100 valence electrons. The van der Waals surface area contributed by atoms with Crippen molar-refractivity contribution in [3.05, 3.63) is 21.4 Å². The molecule has 0 bridgehead atoms. The van der Waals surface area contributed by atoms with E-state index < -0.39 is 0 Å². The van der Waals surface area contributed by atoms with Crippen LogP contribution in [0, 0.1) is 5.92 Å². The summed E-state index contributed by atoms with van der Waals surface area (Å²) >= 11 is 1.89. The maximum atomic E-state index is 10.6. The van der Waals surface area contributed by atoms with Crippen LogP contribution in [0.15, 0.2) is 6.07 Å². The lowest BCUT2D eigenvalue weighted by Gasteiger charge is -2.19. The van der Waals surface area contributed by atoms with Crippen LogP contribution in [0.2, 0.25) is 0 Å². The van der Waals surface area contributed by atoms with Gasteiger partial charge in [0.15, 0.2) is 0 Å². The first-order valence-corrected chi connectivity index (χ1v) is 8.46. The first kappa shape index (κ1) is 12.7. The number of hydrogen-bond donors (Lipinski definition) is 1. The van der Waals surface area contributed by atoms with Crippen molar-refractivity contribution >= 4 is 11.3 Å². The lowest BCUT2D eigenvalue weighted by Crippen LogP contribution is -2.10. The third-order valence-electron chi connectivity index (χ3n) is 4.65. The zero-order chi connectivity index (χ0) is 12.4. The van der Waals surface area contributed by atoms with Gasteiger partial charge in [-0.05, 0) is 56.1 Å². The van der Waals surface area contributed by atoms with Gasteiger partial charge < -0.3 is 5.11 Å². The average molecular weight is 264 g/mol. The SMILES string of the molecule is OC(c1cc2c(s1)CCCC2)C1CCCCCC1. The second-order valence-electron chi connectivity index (χ2n) is 6.00. The number of thiophene rings is 1. The molecule has 1 atom stereocenters. The van der Waals surface area contributed by atoms with Gasteiger partial charge in [-0.2, -0.15) is 0 Å². The van der Waals surface area contributed by atoms with Gasteiger partial charge in [0.1, 0.15) is 0 Å². The van der Waals surface area contributed by atoms with Crippen molar-refractivity contribution in [1.29, 1.82) is 0 Å². The Morgan fingerprint density at radius 2 is 1.72 bits per heavy atom. The van der Waals surface area contributed by atoms with Crippen LogP contribution in [0.1, 0.15) is 72.8 Å². The lowest BCUT2D eigenvalue weighted by molar-refractivity contribution is 0.102. The summed E-state index contributed by atoms with van der Waals surface area (Å²) in [6, 6.07) is 2.31.